The first-order valence-corrected chi connectivity index (χ1v) is 9.90. The van der Waals surface area contributed by atoms with Crippen LogP contribution >= 0.6 is 0 Å². The summed E-state index contributed by atoms with van der Waals surface area (Å²) in [5.41, 5.74) is 9.63. The van der Waals surface area contributed by atoms with Crippen LogP contribution in [-0.2, 0) is 13.6 Å². The molecule has 154 valence electrons. The number of benzene rings is 2. The molecule has 2 aromatic heterocycles. The summed E-state index contributed by atoms with van der Waals surface area (Å²) < 4.78 is 9.50. The zero-order valence-corrected chi connectivity index (χ0v) is 17.7. The number of nitrogens with zero attached hydrogens (tertiary/aromatic N) is 3. The number of hydrogen-bond donors (Lipinski definition) is 1. The molecule has 0 aliphatic carbocycles. The van der Waals surface area contributed by atoms with Crippen LogP contribution < -0.4 is 16.2 Å². The molecule has 0 atom stereocenters. The Labute approximate surface area is 175 Å². The van der Waals surface area contributed by atoms with Gasteiger partial charge in [-0.25, -0.2) is 9.78 Å². The van der Waals surface area contributed by atoms with Crippen molar-refractivity contribution in [3.05, 3.63) is 71.3 Å². The van der Waals surface area contributed by atoms with Crippen LogP contribution in [0.1, 0.15) is 20.8 Å². The third kappa shape index (κ3) is 3.94. The number of anilines is 1. The first-order chi connectivity index (χ1) is 14.2. The van der Waals surface area contributed by atoms with Crippen LogP contribution in [-0.4, -0.2) is 14.1 Å². The average Bonchev–Trinajstić information content (AvgIpc) is 2.91. The molecule has 0 aliphatic heterocycles. The minimum atomic E-state index is 0.00411. The summed E-state index contributed by atoms with van der Waals surface area (Å²) >= 11 is 0. The molecule has 0 spiro atoms. The smallest absolute Gasteiger partial charge is 0.328 e. The van der Waals surface area contributed by atoms with Gasteiger partial charge in [0.25, 0.3) is 0 Å². The average molecular weight is 402 g/mol. The molecule has 0 radical (unpaired) electrons. The summed E-state index contributed by atoms with van der Waals surface area (Å²) in [5, 5.41) is 0. The van der Waals surface area contributed by atoms with Crippen molar-refractivity contribution in [2.24, 2.45) is 12.5 Å². The molecule has 2 N–H and O–H groups in total. The summed E-state index contributed by atoms with van der Waals surface area (Å²) in [6.45, 7) is 7.07. The van der Waals surface area contributed by atoms with Crippen molar-refractivity contribution in [2.45, 2.75) is 27.3 Å². The minimum Gasteiger partial charge on any atom is -0.457 e. The van der Waals surface area contributed by atoms with E-state index >= 15 is 0 Å². The fourth-order valence-corrected chi connectivity index (χ4v) is 3.58. The summed E-state index contributed by atoms with van der Waals surface area (Å²) in [7, 11) is 1.82. The van der Waals surface area contributed by atoms with Gasteiger partial charge >= 0.3 is 5.69 Å². The Balaban J connectivity index is 1.72. The lowest BCUT2D eigenvalue weighted by Gasteiger charge is -2.18. The van der Waals surface area contributed by atoms with Gasteiger partial charge in [-0.1, -0.05) is 39.0 Å². The van der Waals surface area contributed by atoms with Crippen molar-refractivity contribution in [3.63, 3.8) is 0 Å². The molecule has 0 fully saturated rings. The van der Waals surface area contributed by atoms with Crippen molar-refractivity contribution < 1.29 is 4.74 Å². The first-order valence-electron chi connectivity index (χ1n) is 9.90. The molecule has 0 bridgehead atoms. The van der Waals surface area contributed by atoms with Crippen molar-refractivity contribution in [3.8, 4) is 22.6 Å². The fraction of sp³-hybridized carbons (Fsp3) is 0.250. The standard InChI is InChI=1S/C24H26N4O2/c1-24(2,3)15-28-20-9-8-17(13-21(20)27(4)23(28)29)16-6-5-7-18(12-16)30-19-10-11-26-22(25)14-19/h5-14H,15H2,1-4H3,(H2,25,26). The second kappa shape index (κ2) is 7.37. The number of nitrogen functional groups attached to an aromatic ring is 1. The third-order valence-electron chi connectivity index (χ3n) is 4.93. The highest BCUT2D eigenvalue weighted by atomic mass is 16.5. The normalized spacial score (nSPS) is 11.7. The Morgan fingerprint density at radius 2 is 1.70 bits per heavy atom. The van der Waals surface area contributed by atoms with Crippen LogP contribution in [0.3, 0.4) is 0 Å². The van der Waals surface area contributed by atoms with Gasteiger partial charge in [0.2, 0.25) is 0 Å². The zero-order valence-electron chi connectivity index (χ0n) is 17.7. The van der Waals surface area contributed by atoms with E-state index in [1.165, 1.54) is 0 Å². The van der Waals surface area contributed by atoms with Crippen LogP contribution in [0.5, 0.6) is 11.5 Å². The Bertz CT molecular complexity index is 1280. The topological polar surface area (TPSA) is 75.1 Å². The zero-order chi connectivity index (χ0) is 21.5. The number of pyridine rings is 1. The van der Waals surface area contributed by atoms with E-state index in [0.717, 1.165) is 22.2 Å². The van der Waals surface area contributed by atoms with E-state index in [9.17, 15) is 4.79 Å². The maximum Gasteiger partial charge on any atom is 0.328 e. The fourth-order valence-electron chi connectivity index (χ4n) is 3.58. The first kappa shape index (κ1) is 19.8. The summed E-state index contributed by atoms with van der Waals surface area (Å²) in [4.78, 5) is 16.8. The SMILES string of the molecule is Cn1c(=O)n(CC(C)(C)C)c2ccc(-c3cccc(Oc4ccnc(N)c4)c3)cc21. The molecule has 6 heteroatoms. The largest absolute Gasteiger partial charge is 0.457 e. The highest BCUT2D eigenvalue weighted by Crippen LogP contribution is 2.30. The second-order valence-corrected chi connectivity index (χ2v) is 8.74. The summed E-state index contributed by atoms with van der Waals surface area (Å²) in [5.74, 6) is 1.75. The van der Waals surface area contributed by atoms with E-state index in [1.807, 2.05) is 48.0 Å². The molecule has 0 saturated carbocycles. The second-order valence-electron chi connectivity index (χ2n) is 8.74. The number of nitrogens with two attached hydrogens (primary N) is 1. The van der Waals surface area contributed by atoms with Gasteiger partial charge in [0.1, 0.15) is 17.3 Å². The van der Waals surface area contributed by atoms with Gasteiger partial charge in [0, 0.05) is 25.9 Å². The number of aromatic nitrogens is 3. The maximum absolute atomic E-state index is 12.8. The summed E-state index contributed by atoms with van der Waals surface area (Å²) in [6.07, 6.45) is 1.62. The molecule has 0 saturated heterocycles. The molecular formula is C24H26N4O2. The van der Waals surface area contributed by atoms with Gasteiger partial charge in [-0.2, -0.15) is 0 Å². The number of imidazole rings is 1. The molecule has 4 aromatic rings. The van der Waals surface area contributed by atoms with E-state index in [2.05, 4.69) is 31.8 Å². The number of aryl methyl sites for hydroxylation is 1. The van der Waals surface area contributed by atoms with E-state index in [-0.39, 0.29) is 11.1 Å². The van der Waals surface area contributed by atoms with Crippen molar-refractivity contribution in [1.29, 1.82) is 0 Å². The highest BCUT2D eigenvalue weighted by Gasteiger charge is 2.18. The third-order valence-corrected chi connectivity index (χ3v) is 4.93. The Morgan fingerprint density at radius 1 is 0.967 bits per heavy atom. The molecule has 30 heavy (non-hydrogen) atoms. The molecule has 2 heterocycles. The van der Waals surface area contributed by atoms with Crippen molar-refractivity contribution in [2.75, 3.05) is 5.73 Å². The van der Waals surface area contributed by atoms with Crippen LogP contribution in [0, 0.1) is 5.41 Å². The van der Waals surface area contributed by atoms with Gasteiger partial charge in [0.15, 0.2) is 0 Å². The molecular weight excluding hydrogens is 376 g/mol. The van der Waals surface area contributed by atoms with Gasteiger partial charge in [-0.05, 0) is 46.9 Å². The van der Waals surface area contributed by atoms with Gasteiger partial charge in [0.05, 0.1) is 11.0 Å². The lowest BCUT2D eigenvalue weighted by molar-refractivity contribution is 0.342. The van der Waals surface area contributed by atoms with Gasteiger partial charge in [-0.15, -0.1) is 0 Å². The highest BCUT2D eigenvalue weighted by molar-refractivity contribution is 5.83. The van der Waals surface area contributed by atoms with E-state index in [4.69, 9.17) is 10.5 Å². The maximum atomic E-state index is 12.8. The molecule has 0 aliphatic rings. The van der Waals surface area contributed by atoms with E-state index in [1.54, 1.807) is 22.9 Å². The Morgan fingerprint density at radius 3 is 2.43 bits per heavy atom. The number of fused-ring (bicyclic) bond motifs is 1. The number of ether oxygens (including phenoxy) is 1. The van der Waals surface area contributed by atoms with Crippen LogP contribution in [0.4, 0.5) is 5.82 Å². The molecule has 4 rings (SSSR count). The minimum absolute atomic E-state index is 0.00411. The lowest BCUT2D eigenvalue weighted by atomic mass is 9.97. The Kier molecular flexibility index (Phi) is 4.86. The van der Waals surface area contributed by atoms with Crippen molar-refractivity contribution >= 4 is 16.9 Å². The monoisotopic (exact) mass is 402 g/mol. The molecule has 0 unspecified atom stereocenters. The molecule has 2 aromatic carbocycles. The van der Waals surface area contributed by atoms with Crippen LogP contribution in [0.25, 0.3) is 22.2 Å². The predicted molar refractivity (Wildman–Crippen MR) is 121 cm³/mol. The van der Waals surface area contributed by atoms with Gasteiger partial charge < -0.3 is 10.5 Å². The van der Waals surface area contributed by atoms with Gasteiger partial charge in [-0.3, -0.25) is 9.13 Å². The Hall–Kier alpha value is -3.54. The van der Waals surface area contributed by atoms with E-state index < -0.39 is 0 Å². The van der Waals surface area contributed by atoms with Crippen molar-refractivity contribution in [1.82, 2.24) is 14.1 Å². The number of rotatable bonds is 4. The van der Waals surface area contributed by atoms with Crippen LogP contribution in [0.2, 0.25) is 0 Å². The van der Waals surface area contributed by atoms with Crippen LogP contribution in [0.15, 0.2) is 65.6 Å². The van der Waals surface area contributed by atoms with E-state index in [0.29, 0.717) is 23.9 Å². The number of hydrogen-bond acceptors (Lipinski definition) is 4. The molecule has 6 nitrogen and oxygen atoms in total. The summed E-state index contributed by atoms with van der Waals surface area (Å²) in [6, 6.07) is 17.4. The lowest BCUT2D eigenvalue weighted by Crippen LogP contribution is -2.27. The predicted octanol–water partition coefficient (Wildman–Crippen LogP) is 4.82. The molecule has 0 amide bonds. The quantitative estimate of drug-likeness (QED) is 0.531.